The topological polar surface area (TPSA) is 52.6 Å². The second-order valence-electron chi connectivity index (χ2n) is 7.94. The molecule has 0 aliphatic carbocycles. The van der Waals surface area contributed by atoms with Crippen molar-refractivity contribution in [3.63, 3.8) is 0 Å². The molecule has 1 aromatic carbocycles. The fraction of sp³-hybridized carbons (Fsp3) is 0.556. The Morgan fingerprint density at radius 3 is 1.97 bits per heavy atom. The summed E-state index contributed by atoms with van der Waals surface area (Å²) >= 11 is 0. The molecule has 0 aliphatic heterocycles. The zero-order valence-electron chi connectivity index (χ0n) is 19.7. The molecule has 0 heterocycles. The Morgan fingerprint density at radius 2 is 1.32 bits per heavy atom. The number of hydrogen-bond donors (Lipinski definition) is 0. The van der Waals surface area contributed by atoms with Gasteiger partial charge < -0.3 is 9.47 Å². The number of allylic oxidation sites excluding steroid dienone is 4. The van der Waals surface area contributed by atoms with Gasteiger partial charge in [0.15, 0.2) is 0 Å². The monoisotopic (exact) mass is 428 g/mol. The summed E-state index contributed by atoms with van der Waals surface area (Å²) in [6.45, 7) is 4.84. The third-order valence-electron chi connectivity index (χ3n) is 5.01. The van der Waals surface area contributed by atoms with Crippen LogP contribution in [0, 0.1) is 0 Å². The largest absolute Gasteiger partial charge is 0.427 e. The molecule has 0 N–H and O–H groups in total. The second kappa shape index (κ2) is 17.3. The third-order valence-corrected chi connectivity index (χ3v) is 5.01. The van der Waals surface area contributed by atoms with Crippen molar-refractivity contribution in [2.75, 3.05) is 0 Å². The first-order valence-electron chi connectivity index (χ1n) is 11.8. The molecular formula is C27H40O4. The fourth-order valence-corrected chi connectivity index (χ4v) is 3.45. The maximum Gasteiger partial charge on any atom is 0.308 e. The van der Waals surface area contributed by atoms with E-state index in [2.05, 4.69) is 31.2 Å². The number of carbonyl (C=O) groups excluding carboxylic acids is 2. The van der Waals surface area contributed by atoms with Crippen LogP contribution in [-0.4, -0.2) is 11.9 Å². The molecule has 0 bridgehead atoms. The van der Waals surface area contributed by atoms with Crippen molar-refractivity contribution in [2.24, 2.45) is 0 Å². The van der Waals surface area contributed by atoms with Gasteiger partial charge in [0.2, 0.25) is 0 Å². The van der Waals surface area contributed by atoms with Gasteiger partial charge in [0, 0.05) is 13.8 Å². The highest BCUT2D eigenvalue weighted by atomic mass is 16.5. The minimum atomic E-state index is -0.355. The summed E-state index contributed by atoms with van der Waals surface area (Å²) in [7, 11) is 0. The third kappa shape index (κ3) is 14.3. The summed E-state index contributed by atoms with van der Waals surface area (Å²) in [5, 5.41) is 0. The van der Waals surface area contributed by atoms with Crippen molar-refractivity contribution >= 4 is 11.9 Å². The Kier molecular flexibility index (Phi) is 14.9. The average molecular weight is 429 g/mol. The Bertz CT molecular complexity index is 703. The number of hydrogen-bond acceptors (Lipinski definition) is 4. The van der Waals surface area contributed by atoms with Crippen LogP contribution in [0.25, 0.3) is 0 Å². The first kappa shape index (κ1) is 26.7. The van der Waals surface area contributed by atoms with Gasteiger partial charge in [-0.15, -0.1) is 0 Å². The van der Waals surface area contributed by atoms with Gasteiger partial charge in [-0.3, -0.25) is 9.59 Å². The fourth-order valence-electron chi connectivity index (χ4n) is 3.45. The van der Waals surface area contributed by atoms with Gasteiger partial charge in [0.05, 0.1) is 0 Å². The van der Waals surface area contributed by atoms with Gasteiger partial charge in [-0.05, 0) is 75.6 Å². The lowest BCUT2D eigenvalue weighted by Gasteiger charge is -2.11. The molecule has 0 aliphatic rings. The van der Waals surface area contributed by atoms with Crippen LogP contribution in [0.4, 0.5) is 0 Å². The highest BCUT2D eigenvalue weighted by Gasteiger charge is 2.09. The van der Waals surface area contributed by atoms with Crippen LogP contribution in [0.1, 0.15) is 97.0 Å². The number of rotatable bonds is 16. The lowest BCUT2D eigenvalue weighted by Crippen LogP contribution is -2.06. The Morgan fingerprint density at radius 1 is 0.742 bits per heavy atom. The van der Waals surface area contributed by atoms with Gasteiger partial charge in [0.25, 0.3) is 0 Å². The molecule has 4 nitrogen and oxygen atoms in total. The summed E-state index contributed by atoms with van der Waals surface area (Å²) in [6.07, 6.45) is 23.1. The van der Waals surface area contributed by atoms with Crippen molar-refractivity contribution in [1.29, 1.82) is 0 Å². The second-order valence-corrected chi connectivity index (χ2v) is 7.94. The van der Waals surface area contributed by atoms with Crippen LogP contribution in [-0.2, 0) is 16.0 Å². The predicted molar refractivity (Wildman–Crippen MR) is 128 cm³/mol. The number of unbranched alkanes of at least 4 members (excludes halogenated alkanes) is 9. The minimum absolute atomic E-state index is 0.343. The first-order chi connectivity index (χ1) is 15.0. The summed E-state index contributed by atoms with van der Waals surface area (Å²) in [4.78, 5) is 22.5. The van der Waals surface area contributed by atoms with Gasteiger partial charge in [0.1, 0.15) is 11.5 Å². The highest BCUT2D eigenvalue weighted by molar-refractivity contribution is 5.71. The van der Waals surface area contributed by atoms with Gasteiger partial charge in [-0.2, -0.15) is 0 Å². The quantitative estimate of drug-likeness (QED) is 0.118. The van der Waals surface area contributed by atoms with Crippen LogP contribution in [0.2, 0.25) is 0 Å². The smallest absolute Gasteiger partial charge is 0.308 e. The van der Waals surface area contributed by atoms with E-state index in [1.165, 1.54) is 71.6 Å². The molecule has 31 heavy (non-hydrogen) atoms. The molecule has 0 saturated heterocycles. The zero-order valence-corrected chi connectivity index (χ0v) is 19.7. The van der Waals surface area contributed by atoms with Crippen molar-refractivity contribution in [1.82, 2.24) is 0 Å². The van der Waals surface area contributed by atoms with Crippen LogP contribution in [0.15, 0.2) is 42.5 Å². The van der Waals surface area contributed by atoms with E-state index in [1.807, 2.05) is 0 Å². The Labute approximate surface area is 188 Å². The lowest BCUT2D eigenvalue weighted by atomic mass is 10.0. The molecule has 0 unspecified atom stereocenters. The molecule has 4 heteroatoms. The number of ether oxygens (including phenoxy) is 2. The summed E-state index contributed by atoms with van der Waals surface area (Å²) in [6, 6.07) is 5.15. The molecule has 0 radical (unpaired) electrons. The van der Waals surface area contributed by atoms with E-state index in [-0.39, 0.29) is 11.9 Å². The number of benzene rings is 1. The predicted octanol–water partition coefficient (Wildman–Crippen LogP) is 7.50. The lowest BCUT2D eigenvalue weighted by molar-refractivity contribution is -0.133. The first-order valence-corrected chi connectivity index (χ1v) is 11.8. The van der Waals surface area contributed by atoms with Gasteiger partial charge in [-0.1, -0.05) is 56.4 Å². The van der Waals surface area contributed by atoms with E-state index in [9.17, 15) is 9.59 Å². The molecule has 0 saturated carbocycles. The van der Waals surface area contributed by atoms with Gasteiger partial charge in [-0.25, -0.2) is 0 Å². The number of aryl methyl sites for hydroxylation is 1. The van der Waals surface area contributed by atoms with Crippen LogP contribution in [0.5, 0.6) is 11.5 Å². The average Bonchev–Trinajstić information content (AvgIpc) is 2.72. The SMILES string of the molecule is C/C=C/CCC/C=C\CCCCCCCCCc1cc(OC(C)=O)ccc1OC(C)=O. The molecule has 1 rings (SSSR count). The van der Waals surface area contributed by atoms with E-state index >= 15 is 0 Å². The molecule has 0 spiro atoms. The molecule has 172 valence electrons. The number of carbonyl (C=O) groups is 2. The van der Waals surface area contributed by atoms with Gasteiger partial charge >= 0.3 is 11.9 Å². The number of esters is 2. The van der Waals surface area contributed by atoms with Crippen LogP contribution in [0.3, 0.4) is 0 Å². The van der Waals surface area contributed by atoms with Crippen molar-refractivity contribution < 1.29 is 19.1 Å². The maximum absolute atomic E-state index is 11.3. The molecule has 0 aromatic heterocycles. The summed E-state index contributed by atoms with van der Waals surface area (Å²) < 4.78 is 10.4. The van der Waals surface area contributed by atoms with Crippen LogP contribution >= 0.6 is 0 Å². The van der Waals surface area contributed by atoms with E-state index < -0.39 is 0 Å². The highest BCUT2D eigenvalue weighted by Crippen LogP contribution is 2.26. The molecule has 0 atom stereocenters. The molecule has 0 fully saturated rings. The molecule has 0 amide bonds. The minimum Gasteiger partial charge on any atom is -0.427 e. The normalized spacial score (nSPS) is 11.3. The van der Waals surface area contributed by atoms with E-state index in [0.717, 1.165) is 24.8 Å². The van der Waals surface area contributed by atoms with Crippen LogP contribution < -0.4 is 9.47 Å². The summed E-state index contributed by atoms with van der Waals surface area (Å²) in [5.74, 6) is 0.347. The van der Waals surface area contributed by atoms with E-state index in [1.54, 1.807) is 18.2 Å². The van der Waals surface area contributed by atoms with E-state index in [0.29, 0.717) is 11.5 Å². The Balaban J connectivity index is 2.18. The van der Waals surface area contributed by atoms with Crippen molar-refractivity contribution in [3.8, 4) is 11.5 Å². The summed E-state index contributed by atoms with van der Waals surface area (Å²) in [5.41, 5.74) is 0.909. The molecular weight excluding hydrogens is 388 g/mol. The van der Waals surface area contributed by atoms with Crippen molar-refractivity contribution in [2.45, 2.75) is 97.8 Å². The zero-order chi connectivity index (χ0) is 22.7. The molecule has 1 aromatic rings. The Hall–Kier alpha value is -2.36. The maximum atomic E-state index is 11.3. The standard InChI is InChI=1S/C27H40O4/c1-4-5-6-7-8-9-10-11-12-13-14-15-16-17-18-19-25-22-26(30-23(2)28)20-21-27(25)31-24(3)29/h4-5,9-10,20-22H,6-8,11-19H2,1-3H3/b5-4+,10-9-. The van der Waals surface area contributed by atoms with Crippen molar-refractivity contribution in [3.05, 3.63) is 48.1 Å². The van der Waals surface area contributed by atoms with E-state index in [4.69, 9.17) is 9.47 Å².